The van der Waals surface area contributed by atoms with Crippen LogP contribution in [0.4, 0.5) is 4.39 Å². The van der Waals surface area contributed by atoms with E-state index in [9.17, 15) is 4.39 Å². The minimum Gasteiger partial charge on any atom is -0.457 e. The van der Waals surface area contributed by atoms with Crippen LogP contribution in [0.15, 0.2) is 36.4 Å². The van der Waals surface area contributed by atoms with E-state index in [0.717, 1.165) is 5.56 Å². The standard InChI is InChI=1S/C17H19ClFNO/c1-11(2)20-10-14-15(18)5-4-6-17(14)21-13-7-8-16(19)12(3)9-13/h4-9,11,20H,10H2,1-3H3. The lowest BCUT2D eigenvalue weighted by atomic mass is 10.2. The van der Waals surface area contributed by atoms with Gasteiger partial charge >= 0.3 is 0 Å². The number of aryl methyl sites for hydroxylation is 1. The van der Waals surface area contributed by atoms with E-state index in [0.29, 0.717) is 34.7 Å². The van der Waals surface area contributed by atoms with Crippen molar-refractivity contribution in [3.63, 3.8) is 0 Å². The number of rotatable bonds is 5. The molecule has 2 aromatic rings. The first-order valence-corrected chi connectivity index (χ1v) is 7.30. The third-order valence-corrected chi connectivity index (χ3v) is 3.47. The van der Waals surface area contributed by atoms with Gasteiger partial charge in [0, 0.05) is 23.2 Å². The smallest absolute Gasteiger partial charge is 0.133 e. The quantitative estimate of drug-likeness (QED) is 0.832. The number of ether oxygens (including phenoxy) is 1. The summed E-state index contributed by atoms with van der Waals surface area (Å²) in [6, 6.07) is 10.6. The normalized spacial score (nSPS) is 11.0. The highest BCUT2D eigenvalue weighted by atomic mass is 35.5. The Morgan fingerprint density at radius 1 is 1.24 bits per heavy atom. The fraction of sp³-hybridized carbons (Fsp3) is 0.294. The second kappa shape index (κ2) is 6.92. The van der Waals surface area contributed by atoms with Crippen LogP contribution in [0, 0.1) is 12.7 Å². The van der Waals surface area contributed by atoms with Crippen molar-refractivity contribution in [3.8, 4) is 11.5 Å². The first-order valence-electron chi connectivity index (χ1n) is 6.92. The second-order valence-electron chi connectivity index (χ2n) is 5.27. The fourth-order valence-electron chi connectivity index (χ4n) is 1.92. The number of hydrogen-bond donors (Lipinski definition) is 1. The van der Waals surface area contributed by atoms with Gasteiger partial charge in [0.15, 0.2) is 0 Å². The van der Waals surface area contributed by atoms with Crippen LogP contribution in [0.1, 0.15) is 25.0 Å². The lowest BCUT2D eigenvalue weighted by Gasteiger charge is -2.15. The Bertz CT molecular complexity index is 628. The van der Waals surface area contributed by atoms with Crippen molar-refractivity contribution in [2.45, 2.75) is 33.4 Å². The third-order valence-electron chi connectivity index (χ3n) is 3.12. The molecule has 21 heavy (non-hydrogen) atoms. The maximum absolute atomic E-state index is 13.3. The van der Waals surface area contributed by atoms with E-state index in [-0.39, 0.29) is 5.82 Å². The summed E-state index contributed by atoms with van der Waals surface area (Å²) >= 11 is 6.26. The molecule has 0 fully saturated rings. The van der Waals surface area contributed by atoms with Gasteiger partial charge in [-0.1, -0.05) is 31.5 Å². The topological polar surface area (TPSA) is 21.3 Å². The Hall–Kier alpha value is -1.58. The van der Waals surface area contributed by atoms with Gasteiger partial charge < -0.3 is 10.1 Å². The third kappa shape index (κ3) is 4.19. The summed E-state index contributed by atoms with van der Waals surface area (Å²) < 4.78 is 19.2. The average Bonchev–Trinajstić information content (AvgIpc) is 2.42. The Labute approximate surface area is 129 Å². The zero-order valence-corrected chi connectivity index (χ0v) is 13.2. The molecule has 0 unspecified atom stereocenters. The Balaban J connectivity index is 2.26. The molecule has 0 aliphatic rings. The lowest BCUT2D eigenvalue weighted by molar-refractivity contribution is 0.467. The Morgan fingerprint density at radius 2 is 2.00 bits per heavy atom. The zero-order chi connectivity index (χ0) is 15.4. The van der Waals surface area contributed by atoms with E-state index in [2.05, 4.69) is 19.2 Å². The molecule has 0 heterocycles. The van der Waals surface area contributed by atoms with Crippen LogP contribution in [0.25, 0.3) is 0 Å². The summed E-state index contributed by atoms with van der Waals surface area (Å²) in [7, 11) is 0. The van der Waals surface area contributed by atoms with E-state index in [1.165, 1.54) is 6.07 Å². The largest absolute Gasteiger partial charge is 0.457 e. The summed E-state index contributed by atoms with van der Waals surface area (Å²) in [5.74, 6) is 1.04. The summed E-state index contributed by atoms with van der Waals surface area (Å²) in [5, 5.41) is 3.98. The number of nitrogens with one attached hydrogen (secondary N) is 1. The summed E-state index contributed by atoms with van der Waals surface area (Å²) in [6.45, 7) is 6.47. The highest BCUT2D eigenvalue weighted by Gasteiger charge is 2.10. The molecule has 0 spiro atoms. The van der Waals surface area contributed by atoms with Crippen LogP contribution < -0.4 is 10.1 Å². The van der Waals surface area contributed by atoms with Crippen molar-refractivity contribution in [1.82, 2.24) is 5.32 Å². The van der Waals surface area contributed by atoms with E-state index < -0.39 is 0 Å². The first kappa shape index (κ1) is 15.8. The van der Waals surface area contributed by atoms with Crippen molar-refractivity contribution in [1.29, 1.82) is 0 Å². The predicted molar refractivity (Wildman–Crippen MR) is 84.6 cm³/mol. The van der Waals surface area contributed by atoms with E-state index in [1.807, 2.05) is 18.2 Å². The number of hydrogen-bond acceptors (Lipinski definition) is 2. The van der Waals surface area contributed by atoms with E-state index >= 15 is 0 Å². The maximum Gasteiger partial charge on any atom is 0.133 e. The zero-order valence-electron chi connectivity index (χ0n) is 12.4. The number of halogens is 2. The summed E-state index contributed by atoms with van der Waals surface area (Å²) in [5.41, 5.74) is 1.45. The molecule has 0 bridgehead atoms. The Kier molecular flexibility index (Phi) is 5.21. The highest BCUT2D eigenvalue weighted by Crippen LogP contribution is 2.31. The van der Waals surface area contributed by atoms with Crippen LogP contribution in [-0.2, 0) is 6.54 Å². The van der Waals surface area contributed by atoms with Gasteiger partial charge in [-0.05, 0) is 42.8 Å². The first-order chi connectivity index (χ1) is 9.97. The molecule has 2 nitrogen and oxygen atoms in total. The van der Waals surface area contributed by atoms with E-state index in [1.54, 1.807) is 19.1 Å². The van der Waals surface area contributed by atoms with Crippen molar-refractivity contribution in [2.24, 2.45) is 0 Å². The molecule has 0 atom stereocenters. The van der Waals surface area contributed by atoms with Crippen LogP contribution in [0.5, 0.6) is 11.5 Å². The monoisotopic (exact) mass is 307 g/mol. The SMILES string of the molecule is Cc1cc(Oc2cccc(Cl)c2CNC(C)C)ccc1F. The minimum absolute atomic E-state index is 0.241. The average molecular weight is 308 g/mol. The maximum atomic E-state index is 13.3. The van der Waals surface area contributed by atoms with Gasteiger partial charge in [0.1, 0.15) is 17.3 Å². The molecule has 112 valence electrons. The summed E-state index contributed by atoms with van der Waals surface area (Å²) in [6.07, 6.45) is 0. The van der Waals surface area contributed by atoms with Gasteiger partial charge in [0.25, 0.3) is 0 Å². The van der Waals surface area contributed by atoms with Crippen LogP contribution in [-0.4, -0.2) is 6.04 Å². The Morgan fingerprint density at radius 3 is 2.67 bits per heavy atom. The fourth-order valence-corrected chi connectivity index (χ4v) is 2.15. The number of benzene rings is 2. The molecule has 2 aromatic carbocycles. The molecule has 0 aliphatic heterocycles. The lowest BCUT2D eigenvalue weighted by Crippen LogP contribution is -2.22. The van der Waals surface area contributed by atoms with Crippen molar-refractivity contribution in [3.05, 3.63) is 58.4 Å². The van der Waals surface area contributed by atoms with Crippen LogP contribution >= 0.6 is 11.6 Å². The van der Waals surface area contributed by atoms with Gasteiger partial charge in [-0.15, -0.1) is 0 Å². The van der Waals surface area contributed by atoms with Crippen LogP contribution in [0.2, 0.25) is 5.02 Å². The molecule has 0 aliphatic carbocycles. The molecule has 0 saturated carbocycles. The molecule has 0 amide bonds. The molecule has 1 N–H and O–H groups in total. The van der Waals surface area contributed by atoms with Gasteiger partial charge in [0.2, 0.25) is 0 Å². The van der Waals surface area contributed by atoms with Gasteiger partial charge in [-0.25, -0.2) is 4.39 Å². The predicted octanol–water partition coefficient (Wildman–Crippen LogP) is 5.08. The van der Waals surface area contributed by atoms with Crippen molar-refractivity contribution >= 4 is 11.6 Å². The van der Waals surface area contributed by atoms with Crippen molar-refractivity contribution < 1.29 is 9.13 Å². The molecule has 0 saturated heterocycles. The van der Waals surface area contributed by atoms with Crippen LogP contribution in [0.3, 0.4) is 0 Å². The molecule has 2 rings (SSSR count). The van der Waals surface area contributed by atoms with Gasteiger partial charge in [-0.2, -0.15) is 0 Å². The summed E-state index contributed by atoms with van der Waals surface area (Å²) in [4.78, 5) is 0. The molecule has 4 heteroatoms. The second-order valence-corrected chi connectivity index (χ2v) is 5.67. The van der Waals surface area contributed by atoms with Gasteiger partial charge in [0.05, 0.1) is 0 Å². The van der Waals surface area contributed by atoms with Crippen molar-refractivity contribution in [2.75, 3.05) is 0 Å². The molecular weight excluding hydrogens is 289 g/mol. The molecule has 0 aromatic heterocycles. The molecular formula is C17H19ClFNO. The van der Waals surface area contributed by atoms with E-state index in [4.69, 9.17) is 16.3 Å². The molecule has 0 radical (unpaired) electrons. The van der Waals surface area contributed by atoms with Gasteiger partial charge in [-0.3, -0.25) is 0 Å². The highest BCUT2D eigenvalue weighted by molar-refractivity contribution is 6.31. The minimum atomic E-state index is -0.241.